The summed E-state index contributed by atoms with van der Waals surface area (Å²) in [5.74, 6) is 0.797. The molecule has 1 aromatic carbocycles. The van der Waals surface area contributed by atoms with Crippen LogP contribution in [0.25, 0.3) is 27.9 Å². The van der Waals surface area contributed by atoms with Crippen LogP contribution in [0.2, 0.25) is 0 Å². The van der Waals surface area contributed by atoms with E-state index in [4.69, 9.17) is 14.5 Å². The van der Waals surface area contributed by atoms with E-state index in [1.807, 2.05) is 73.8 Å². The Morgan fingerprint density at radius 1 is 1.15 bits per heavy atom. The second-order valence-electron chi connectivity index (χ2n) is 7.64. The Bertz CT molecular complexity index is 1210. The highest BCUT2D eigenvalue weighted by atomic mass is 16.6. The minimum atomic E-state index is -0.603. The number of pyridine rings is 1. The van der Waals surface area contributed by atoms with E-state index < -0.39 is 11.7 Å². The Morgan fingerprint density at radius 2 is 1.93 bits per heavy atom. The zero-order valence-corrected chi connectivity index (χ0v) is 15.4. The van der Waals surface area contributed by atoms with Crippen LogP contribution in [0, 0.1) is 0 Å². The normalized spacial score (nSPS) is 13.3. The van der Waals surface area contributed by atoms with Crippen molar-refractivity contribution in [2.75, 3.05) is 0 Å². The summed E-state index contributed by atoms with van der Waals surface area (Å²) in [4.78, 5) is 17.9. The fourth-order valence-electron chi connectivity index (χ4n) is 3.61. The number of fused-ring (bicyclic) bond motifs is 7. The van der Waals surface area contributed by atoms with Gasteiger partial charge in [0.1, 0.15) is 29.1 Å². The summed E-state index contributed by atoms with van der Waals surface area (Å²) in [5.41, 5.74) is 4.29. The Morgan fingerprint density at radius 3 is 2.74 bits per heavy atom. The topological polar surface area (TPSA) is 57.8 Å². The molecule has 6 nitrogen and oxygen atoms in total. The van der Waals surface area contributed by atoms with Crippen molar-refractivity contribution in [3.63, 3.8) is 0 Å². The number of rotatable bonds is 0. The monoisotopic (exact) mass is 361 g/mol. The fourth-order valence-corrected chi connectivity index (χ4v) is 3.61. The molecule has 0 bridgehead atoms. The molecule has 0 spiro atoms. The van der Waals surface area contributed by atoms with Gasteiger partial charge in [0.2, 0.25) is 0 Å². The quantitative estimate of drug-likeness (QED) is 0.458. The Balaban J connectivity index is 1.88. The van der Waals surface area contributed by atoms with Crippen molar-refractivity contribution >= 4 is 22.9 Å². The van der Waals surface area contributed by atoms with E-state index in [-0.39, 0.29) is 6.61 Å². The molecule has 0 saturated carbocycles. The van der Waals surface area contributed by atoms with E-state index >= 15 is 0 Å². The van der Waals surface area contributed by atoms with Gasteiger partial charge < -0.3 is 9.47 Å². The number of benzene rings is 1. The van der Waals surface area contributed by atoms with Gasteiger partial charge in [0, 0.05) is 17.3 Å². The first kappa shape index (κ1) is 15.9. The summed E-state index contributed by atoms with van der Waals surface area (Å²) in [6, 6.07) is 13.6. The van der Waals surface area contributed by atoms with Crippen molar-refractivity contribution in [3.8, 4) is 16.9 Å². The standard InChI is InChI=1S/C21H19N3O3/c1-21(2,3)27-20(25)24-14-12-26-15-9-5-4-8-13(15)17(14)18-19(24)23-11-7-6-10-16(23)22-18/h4-11H,12H2,1-3H3. The van der Waals surface area contributed by atoms with E-state index in [1.54, 1.807) is 4.57 Å². The molecule has 0 N–H and O–H groups in total. The van der Waals surface area contributed by atoms with Crippen molar-refractivity contribution in [2.45, 2.75) is 33.0 Å². The summed E-state index contributed by atoms with van der Waals surface area (Å²) in [6.07, 6.45) is 1.48. The van der Waals surface area contributed by atoms with Gasteiger partial charge in [-0.2, -0.15) is 0 Å². The summed E-state index contributed by atoms with van der Waals surface area (Å²) in [7, 11) is 0. The van der Waals surface area contributed by atoms with Gasteiger partial charge in [-0.15, -0.1) is 0 Å². The maximum absolute atomic E-state index is 13.1. The molecule has 0 saturated heterocycles. The molecule has 0 amide bonds. The van der Waals surface area contributed by atoms with Gasteiger partial charge in [-0.1, -0.05) is 24.3 Å². The molecule has 4 heterocycles. The molecule has 0 unspecified atom stereocenters. The van der Waals surface area contributed by atoms with Crippen molar-refractivity contribution < 1.29 is 14.3 Å². The van der Waals surface area contributed by atoms with E-state index in [2.05, 4.69) is 0 Å². The van der Waals surface area contributed by atoms with Crippen LogP contribution in [-0.2, 0) is 11.3 Å². The Kier molecular flexibility index (Phi) is 3.16. The van der Waals surface area contributed by atoms with Gasteiger partial charge >= 0.3 is 6.09 Å². The Hall–Kier alpha value is -3.28. The molecule has 0 radical (unpaired) electrons. The minimum Gasteiger partial charge on any atom is -0.487 e. The Labute approximate surface area is 155 Å². The summed E-state index contributed by atoms with van der Waals surface area (Å²) in [6.45, 7) is 5.87. The van der Waals surface area contributed by atoms with Crippen LogP contribution in [0.3, 0.4) is 0 Å². The maximum Gasteiger partial charge on any atom is 0.420 e. The summed E-state index contributed by atoms with van der Waals surface area (Å²) < 4.78 is 15.1. The zero-order valence-electron chi connectivity index (χ0n) is 15.4. The van der Waals surface area contributed by atoms with Gasteiger partial charge in [0.05, 0.1) is 5.69 Å². The molecule has 5 rings (SSSR count). The van der Waals surface area contributed by atoms with Crippen molar-refractivity contribution in [1.29, 1.82) is 0 Å². The van der Waals surface area contributed by atoms with Gasteiger partial charge in [-0.05, 0) is 39.0 Å². The number of carbonyl (C=O) groups excluding carboxylic acids is 1. The van der Waals surface area contributed by atoms with Gasteiger partial charge in [-0.3, -0.25) is 4.40 Å². The first-order valence-electron chi connectivity index (χ1n) is 8.90. The molecule has 0 fully saturated rings. The lowest BCUT2D eigenvalue weighted by Crippen LogP contribution is -2.29. The number of ether oxygens (including phenoxy) is 2. The second-order valence-corrected chi connectivity index (χ2v) is 7.64. The zero-order chi connectivity index (χ0) is 18.8. The number of hydrogen-bond donors (Lipinski definition) is 0. The molecule has 1 aliphatic heterocycles. The molecular formula is C21H19N3O3. The molecule has 3 aromatic heterocycles. The number of hydrogen-bond acceptors (Lipinski definition) is 4. The number of para-hydroxylation sites is 1. The summed E-state index contributed by atoms with van der Waals surface area (Å²) >= 11 is 0. The van der Waals surface area contributed by atoms with Crippen molar-refractivity contribution in [3.05, 3.63) is 54.4 Å². The van der Waals surface area contributed by atoms with Crippen LogP contribution >= 0.6 is 0 Å². The molecule has 6 heteroatoms. The SMILES string of the molecule is CC(C)(C)OC(=O)n1c2c(c3nc4ccccn4c31)-c1ccccc1OC2. The van der Waals surface area contributed by atoms with Crippen LogP contribution < -0.4 is 4.74 Å². The highest BCUT2D eigenvalue weighted by Crippen LogP contribution is 2.43. The molecule has 4 aromatic rings. The van der Waals surface area contributed by atoms with E-state index in [0.717, 1.165) is 33.7 Å². The van der Waals surface area contributed by atoms with Crippen molar-refractivity contribution in [1.82, 2.24) is 14.0 Å². The number of carbonyl (C=O) groups is 1. The lowest BCUT2D eigenvalue weighted by Gasteiger charge is -2.23. The van der Waals surface area contributed by atoms with Gasteiger partial charge in [0.25, 0.3) is 0 Å². The molecule has 0 aliphatic carbocycles. The second kappa shape index (κ2) is 5.36. The molecular weight excluding hydrogens is 342 g/mol. The molecule has 1 aliphatic rings. The van der Waals surface area contributed by atoms with Crippen LogP contribution in [0.5, 0.6) is 5.75 Å². The maximum atomic E-state index is 13.1. The first-order valence-corrected chi connectivity index (χ1v) is 8.90. The molecule has 136 valence electrons. The fraction of sp³-hybridized carbons (Fsp3) is 0.238. The van der Waals surface area contributed by atoms with E-state index in [0.29, 0.717) is 5.65 Å². The molecule has 27 heavy (non-hydrogen) atoms. The first-order chi connectivity index (χ1) is 12.9. The summed E-state index contributed by atoms with van der Waals surface area (Å²) in [5, 5.41) is 0. The highest BCUT2D eigenvalue weighted by molar-refractivity contribution is 6.02. The lowest BCUT2D eigenvalue weighted by atomic mass is 10.0. The largest absolute Gasteiger partial charge is 0.487 e. The average Bonchev–Trinajstić information content (AvgIpc) is 3.14. The average molecular weight is 361 g/mol. The van der Waals surface area contributed by atoms with E-state index in [9.17, 15) is 4.79 Å². The van der Waals surface area contributed by atoms with Crippen LogP contribution in [0.4, 0.5) is 4.79 Å². The van der Waals surface area contributed by atoms with Gasteiger partial charge in [0.15, 0.2) is 5.65 Å². The van der Waals surface area contributed by atoms with Crippen LogP contribution in [0.1, 0.15) is 26.5 Å². The highest BCUT2D eigenvalue weighted by Gasteiger charge is 2.32. The third-order valence-electron chi connectivity index (χ3n) is 4.61. The predicted molar refractivity (Wildman–Crippen MR) is 102 cm³/mol. The molecule has 0 atom stereocenters. The third-order valence-corrected chi connectivity index (χ3v) is 4.61. The van der Waals surface area contributed by atoms with E-state index in [1.165, 1.54) is 0 Å². The predicted octanol–water partition coefficient (Wildman–Crippen LogP) is 4.63. The van der Waals surface area contributed by atoms with Crippen molar-refractivity contribution in [2.24, 2.45) is 0 Å². The number of nitrogens with zero attached hydrogens (tertiary/aromatic N) is 3. The number of aromatic nitrogens is 3. The smallest absolute Gasteiger partial charge is 0.420 e. The number of imidazole rings is 1. The third kappa shape index (κ3) is 2.33. The minimum absolute atomic E-state index is 0.289. The lowest BCUT2D eigenvalue weighted by molar-refractivity contribution is 0.0533. The van der Waals surface area contributed by atoms with Crippen LogP contribution in [-0.4, -0.2) is 25.6 Å². The van der Waals surface area contributed by atoms with Gasteiger partial charge in [-0.25, -0.2) is 14.3 Å². The van der Waals surface area contributed by atoms with Crippen LogP contribution in [0.15, 0.2) is 48.7 Å².